The van der Waals surface area contributed by atoms with Crippen molar-refractivity contribution in [2.75, 3.05) is 14.1 Å². The number of thiophene rings is 4. The number of nitrogens with two attached hydrogens (primary N) is 2. The summed E-state index contributed by atoms with van der Waals surface area (Å²) < 4.78 is 48.8. The van der Waals surface area contributed by atoms with Crippen molar-refractivity contribution in [2.45, 2.75) is 21.5 Å². The Morgan fingerprint density at radius 1 is 0.677 bits per heavy atom. The predicted molar refractivity (Wildman–Crippen MR) is 135 cm³/mol. The van der Waals surface area contributed by atoms with Gasteiger partial charge < -0.3 is 10.6 Å². The molecule has 6 N–H and O–H groups in total. The third-order valence-corrected chi connectivity index (χ3v) is 11.2. The monoisotopic (exact) mass is 560 g/mol. The van der Waals surface area contributed by atoms with E-state index in [9.17, 15) is 16.8 Å². The molecule has 15 heteroatoms. The third-order valence-electron chi connectivity index (χ3n) is 3.73. The molecule has 0 atom stereocenters. The highest BCUT2D eigenvalue weighted by molar-refractivity contribution is 7.91. The van der Waals surface area contributed by atoms with Crippen LogP contribution in [-0.4, -0.2) is 30.9 Å². The fourth-order valence-corrected chi connectivity index (χ4v) is 9.04. The molecule has 8 nitrogen and oxygen atoms in total. The van der Waals surface area contributed by atoms with E-state index in [0.29, 0.717) is 0 Å². The Balaban J connectivity index is 0.000000213. The van der Waals surface area contributed by atoms with Crippen LogP contribution in [0.25, 0.3) is 18.8 Å². The summed E-state index contributed by atoms with van der Waals surface area (Å²) in [5.74, 6) is 0. The number of fused-ring (bicyclic) bond motifs is 2. The molecule has 0 saturated heterocycles. The van der Waals surface area contributed by atoms with Crippen LogP contribution in [0.1, 0.15) is 9.75 Å². The summed E-state index contributed by atoms with van der Waals surface area (Å²) in [6.45, 7) is 1.60. The van der Waals surface area contributed by atoms with Gasteiger partial charge in [-0.15, -0.1) is 57.8 Å². The molecule has 0 aliphatic rings. The zero-order valence-electron chi connectivity index (χ0n) is 16.4. The zero-order valence-corrected chi connectivity index (χ0v) is 22.1. The molecule has 0 radical (unpaired) electrons. The van der Waals surface area contributed by atoms with E-state index in [2.05, 4.69) is 10.6 Å². The van der Waals surface area contributed by atoms with Crippen molar-refractivity contribution < 1.29 is 16.8 Å². The molecule has 0 spiro atoms. The summed E-state index contributed by atoms with van der Waals surface area (Å²) in [6, 6.07) is 7.27. The van der Waals surface area contributed by atoms with Gasteiger partial charge in [0, 0.05) is 41.6 Å². The van der Waals surface area contributed by atoms with E-state index in [0.717, 1.165) is 31.9 Å². The first kappa shape index (κ1) is 26.6. The van der Waals surface area contributed by atoms with E-state index in [1.54, 1.807) is 34.8 Å². The lowest BCUT2D eigenvalue weighted by molar-refractivity contribution is 0.598. The molecule has 0 saturated carbocycles. The predicted octanol–water partition coefficient (Wildman–Crippen LogP) is 3.08. The molecule has 4 heterocycles. The summed E-state index contributed by atoms with van der Waals surface area (Å²) in [6.07, 6.45) is 0. The van der Waals surface area contributed by atoms with E-state index in [1.807, 2.05) is 26.2 Å². The summed E-state index contributed by atoms with van der Waals surface area (Å²) in [7, 11) is -3.34. The molecule has 0 aliphatic heterocycles. The first-order valence-electron chi connectivity index (χ1n) is 8.40. The van der Waals surface area contributed by atoms with Gasteiger partial charge in [-0.05, 0) is 38.4 Å². The van der Waals surface area contributed by atoms with E-state index < -0.39 is 20.0 Å². The molecule has 0 aromatic carbocycles. The van der Waals surface area contributed by atoms with Crippen LogP contribution in [0.15, 0.2) is 32.7 Å². The highest BCUT2D eigenvalue weighted by atomic mass is 35.5. The van der Waals surface area contributed by atoms with Crippen molar-refractivity contribution in [1.82, 2.24) is 10.6 Å². The molecule has 4 aromatic rings. The minimum atomic E-state index is -3.55. The Morgan fingerprint density at radius 3 is 1.26 bits per heavy atom. The van der Waals surface area contributed by atoms with Gasteiger partial charge in [-0.2, -0.15) is 0 Å². The molecule has 0 fully saturated rings. The second-order valence-corrected chi connectivity index (χ2v) is 14.2. The maximum absolute atomic E-state index is 11.1. The number of rotatable bonds is 6. The molecule has 0 amide bonds. The van der Waals surface area contributed by atoms with Crippen LogP contribution in [0.5, 0.6) is 0 Å². The van der Waals surface area contributed by atoms with Gasteiger partial charge in [0.2, 0.25) is 20.0 Å². The van der Waals surface area contributed by atoms with Crippen LogP contribution >= 0.6 is 57.8 Å². The molecule has 31 heavy (non-hydrogen) atoms. The fraction of sp³-hybridized carbons (Fsp3) is 0.250. The van der Waals surface area contributed by atoms with Gasteiger partial charge >= 0.3 is 0 Å². The largest absolute Gasteiger partial charge is 0.315 e. The maximum Gasteiger partial charge on any atom is 0.247 e. The highest BCUT2D eigenvalue weighted by Crippen LogP contribution is 2.35. The number of halogens is 1. The Morgan fingerprint density at radius 2 is 1.00 bits per heavy atom. The lowest BCUT2D eigenvalue weighted by Crippen LogP contribution is -2.09. The molecule has 0 unspecified atom stereocenters. The van der Waals surface area contributed by atoms with Gasteiger partial charge in [-0.1, -0.05) is 0 Å². The van der Waals surface area contributed by atoms with E-state index in [1.165, 1.54) is 32.4 Å². The molecule has 0 bridgehead atoms. The molecule has 4 aromatic heterocycles. The van der Waals surface area contributed by atoms with Crippen LogP contribution in [0.4, 0.5) is 0 Å². The average Bonchev–Trinajstić information content (AvgIpc) is 3.32. The fourth-order valence-electron chi connectivity index (χ4n) is 2.53. The molecule has 0 aliphatic carbocycles. The lowest BCUT2D eigenvalue weighted by Gasteiger charge is -1.91. The van der Waals surface area contributed by atoms with Gasteiger partial charge in [0.1, 0.15) is 8.42 Å². The minimum absolute atomic E-state index is 0. The smallest absolute Gasteiger partial charge is 0.247 e. The van der Waals surface area contributed by atoms with Crippen LogP contribution in [0.3, 0.4) is 0 Å². The first-order valence-corrected chi connectivity index (χ1v) is 14.8. The van der Waals surface area contributed by atoms with Crippen molar-refractivity contribution >= 4 is 96.6 Å². The van der Waals surface area contributed by atoms with Crippen molar-refractivity contribution in [3.63, 3.8) is 0 Å². The highest BCUT2D eigenvalue weighted by Gasteiger charge is 2.15. The van der Waals surface area contributed by atoms with Gasteiger partial charge in [0.05, 0.1) is 0 Å². The van der Waals surface area contributed by atoms with Crippen molar-refractivity contribution in [3.05, 3.63) is 34.0 Å². The summed E-state index contributed by atoms with van der Waals surface area (Å²) in [4.78, 5) is 2.39. The quantitative estimate of drug-likeness (QED) is 0.285. The van der Waals surface area contributed by atoms with Crippen molar-refractivity contribution in [2.24, 2.45) is 10.3 Å². The standard InChI is InChI=1S/2C8H10N2O2S3.ClH/c2*1-10-4-5-2-6-7(13-5)3-8(14-6)15(9,11)12;/h2*2-3,10H,4H2,1H3,(H2,9,11,12);1H. The van der Waals surface area contributed by atoms with Gasteiger partial charge in [0.25, 0.3) is 0 Å². The van der Waals surface area contributed by atoms with E-state index >= 15 is 0 Å². The van der Waals surface area contributed by atoms with Gasteiger partial charge in [-0.25, -0.2) is 27.1 Å². The number of hydrogen-bond acceptors (Lipinski definition) is 10. The van der Waals surface area contributed by atoms with Crippen molar-refractivity contribution in [3.8, 4) is 0 Å². The van der Waals surface area contributed by atoms with E-state index in [-0.39, 0.29) is 20.8 Å². The Kier molecular flexibility index (Phi) is 9.03. The van der Waals surface area contributed by atoms with Gasteiger partial charge in [-0.3, -0.25) is 0 Å². The molecular weight excluding hydrogens is 540 g/mol. The Labute approximate surface area is 202 Å². The van der Waals surface area contributed by atoms with Crippen LogP contribution in [-0.2, 0) is 33.1 Å². The summed E-state index contributed by atoms with van der Waals surface area (Å²) in [5, 5.41) is 16.2. The average molecular weight is 561 g/mol. The van der Waals surface area contributed by atoms with Gasteiger partial charge in [0.15, 0.2) is 0 Å². The van der Waals surface area contributed by atoms with E-state index in [4.69, 9.17) is 10.3 Å². The molecule has 4 rings (SSSR count). The second-order valence-electron chi connectivity index (χ2n) is 6.16. The minimum Gasteiger partial charge on any atom is -0.315 e. The topological polar surface area (TPSA) is 144 Å². The van der Waals surface area contributed by atoms with Crippen molar-refractivity contribution in [1.29, 1.82) is 0 Å². The lowest BCUT2D eigenvalue weighted by atomic mass is 10.4. The Hall–Kier alpha value is -0.650. The van der Waals surface area contributed by atoms with Crippen LogP contribution in [0.2, 0.25) is 0 Å². The van der Waals surface area contributed by atoms with Crippen LogP contribution in [0, 0.1) is 0 Å². The number of nitrogens with one attached hydrogen (secondary N) is 2. The number of sulfonamides is 2. The zero-order chi connectivity index (χ0) is 22.1. The number of primary sulfonamides is 2. The SMILES string of the molecule is CNCc1cc2sc(S(N)(=O)=O)cc2s1.CNCc1cc2sc(S(N)(=O)=O)cc2s1.Cl. The third kappa shape index (κ3) is 6.68. The molecule has 172 valence electrons. The Bertz CT molecular complexity index is 1210. The second kappa shape index (κ2) is 10.5. The first-order chi connectivity index (χ1) is 14.0. The molecular formula is C16H21ClN4O4S6. The normalized spacial score (nSPS) is 12.0. The summed E-state index contributed by atoms with van der Waals surface area (Å²) >= 11 is 5.61. The summed E-state index contributed by atoms with van der Waals surface area (Å²) in [5.41, 5.74) is 0. The number of hydrogen-bond donors (Lipinski definition) is 4. The maximum atomic E-state index is 11.1. The van der Waals surface area contributed by atoms with Crippen LogP contribution < -0.4 is 20.9 Å².